The van der Waals surface area contributed by atoms with Crippen LogP contribution in [0.3, 0.4) is 0 Å². The van der Waals surface area contributed by atoms with Gasteiger partial charge in [-0.15, -0.1) is 0 Å². The van der Waals surface area contributed by atoms with Gasteiger partial charge < -0.3 is 5.32 Å². The van der Waals surface area contributed by atoms with Crippen molar-refractivity contribution in [1.82, 2.24) is 10.7 Å². The van der Waals surface area contributed by atoms with Crippen molar-refractivity contribution in [3.05, 3.63) is 0 Å². The molecule has 0 amide bonds. The standard InChI is InChI=1S/C10H19N3S/c1-3-11-10(14)13-12-9-7-5-4-6-8(9)2/h8H,3-7H2,1-2H3,(H2,11,13,14)/t8-/m1/s1. The molecule has 0 radical (unpaired) electrons. The maximum absolute atomic E-state index is 5.03. The van der Waals surface area contributed by atoms with E-state index in [-0.39, 0.29) is 0 Å². The molecule has 0 aromatic heterocycles. The number of hydrogen-bond donors (Lipinski definition) is 2. The number of nitrogens with one attached hydrogen (secondary N) is 2. The lowest BCUT2D eigenvalue weighted by Gasteiger charge is -2.20. The molecule has 1 aliphatic rings. The first-order chi connectivity index (χ1) is 6.74. The zero-order chi connectivity index (χ0) is 10.4. The van der Waals surface area contributed by atoms with E-state index in [4.69, 9.17) is 12.2 Å². The Morgan fingerprint density at radius 3 is 3.00 bits per heavy atom. The number of rotatable bonds is 2. The second-order valence-corrected chi connectivity index (χ2v) is 4.13. The van der Waals surface area contributed by atoms with Crippen LogP contribution in [0.2, 0.25) is 0 Å². The zero-order valence-corrected chi connectivity index (χ0v) is 9.78. The topological polar surface area (TPSA) is 36.4 Å². The molecule has 4 heteroatoms. The summed E-state index contributed by atoms with van der Waals surface area (Å²) < 4.78 is 0. The van der Waals surface area contributed by atoms with Crippen LogP contribution in [0.5, 0.6) is 0 Å². The Morgan fingerprint density at radius 1 is 1.57 bits per heavy atom. The lowest BCUT2D eigenvalue weighted by molar-refractivity contribution is 0.555. The maximum Gasteiger partial charge on any atom is 0.186 e. The second-order valence-electron chi connectivity index (χ2n) is 3.72. The number of nitrogens with zero attached hydrogens (tertiary/aromatic N) is 1. The molecule has 1 atom stereocenters. The highest BCUT2D eigenvalue weighted by Gasteiger charge is 2.15. The van der Waals surface area contributed by atoms with Crippen molar-refractivity contribution >= 4 is 23.0 Å². The average molecular weight is 213 g/mol. The molecule has 0 aromatic rings. The SMILES string of the molecule is CCNC(=S)NN=C1CCCC[C@H]1C. The van der Waals surface area contributed by atoms with Crippen molar-refractivity contribution in [3.63, 3.8) is 0 Å². The van der Waals surface area contributed by atoms with E-state index in [2.05, 4.69) is 22.8 Å². The zero-order valence-electron chi connectivity index (χ0n) is 8.97. The van der Waals surface area contributed by atoms with Crippen LogP contribution in [-0.4, -0.2) is 17.4 Å². The minimum absolute atomic E-state index is 0.612. The van der Waals surface area contributed by atoms with E-state index in [1.165, 1.54) is 25.0 Å². The highest BCUT2D eigenvalue weighted by Crippen LogP contribution is 2.20. The van der Waals surface area contributed by atoms with Crippen LogP contribution in [0.25, 0.3) is 0 Å². The second kappa shape index (κ2) is 5.96. The Hall–Kier alpha value is -0.640. The minimum atomic E-state index is 0.612. The van der Waals surface area contributed by atoms with Crippen molar-refractivity contribution < 1.29 is 0 Å². The van der Waals surface area contributed by atoms with E-state index in [1.54, 1.807) is 0 Å². The van der Waals surface area contributed by atoms with Crippen LogP contribution >= 0.6 is 12.2 Å². The fourth-order valence-corrected chi connectivity index (χ4v) is 1.85. The van der Waals surface area contributed by atoms with Gasteiger partial charge in [-0.05, 0) is 44.3 Å². The van der Waals surface area contributed by atoms with Crippen LogP contribution in [-0.2, 0) is 0 Å². The van der Waals surface area contributed by atoms with Crippen molar-refractivity contribution in [2.75, 3.05) is 6.54 Å². The Bertz CT molecular complexity index is 225. The molecule has 3 nitrogen and oxygen atoms in total. The molecule has 1 aliphatic carbocycles. The van der Waals surface area contributed by atoms with Crippen LogP contribution in [0.4, 0.5) is 0 Å². The molecule has 0 heterocycles. The molecule has 0 aliphatic heterocycles. The normalized spacial score (nSPS) is 24.7. The van der Waals surface area contributed by atoms with Crippen molar-refractivity contribution in [2.45, 2.75) is 39.5 Å². The van der Waals surface area contributed by atoms with E-state index in [0.29, 0.717) is 11.0 Å². The highest BCUT2D eigenvalue weighted by molar-refractivity contribution is 7.80. The Morgan fingerprint density at radius 2 is 2.36 bits per heavy atom. The van der Waals surface area contributed by atoms with Gasteiger partial charge >= 0.3 is 0 Å². The first-order valence-electron chi connectivity index (χ1n) is 5.34. The van der Waals surface area contributed by atoms with E-state index >= 15 is 0 Å². The van der Waals surface area contributed by atoms with Gasteiger partial charge in [-0.1, -0.05) is 13.3 Å². The molecule has 1 fully saturated rings. The third kappa shape index (κ3) is 3.62. The predicted octanol–water partition coefficient (Wildman–Crippen LogP) is 2.04. The van der Waals surface area contributed by atoms with Gasteiger partial charge in [0, 0.05) is 12.3 Å². The maximum atomic E-state index is 5.03. The number of hydrogen-bond acceptors (Lipinski definition) is 2. The first kappa shape index (κ1) is 11.4. The quantitative estimate of drug-likeness (QED) is 0.544. The minimum Gasteiger partial charge on any atom is -0.362 e. The largest absolute Gasteiger partial charge is 0.362 e. The lowest BCUT2D eigenvalue weighted by Crippen LogP contribution is -2.33. The third-order valence-corrected chi connectivity index (χ3v) is 2.76. The molecule has 1 saturated carbocycles. The predicted molar refractivity (Wildman–Crippen MR) is 64.5 cm³/mol. The molecule has 0 bridgehead atoms. The van der Waals surface area contributed by atoms with Gasteiger partial charge in [0.15, 0.2) is 5.11 Å². The first-order valence-corrected chi connectivity index (χ1v) is 5.75. The molecule has 14 heavy (non-hydrogen) atoms. The number of hydrazone groups is 1. The Balaban J connectivity index is 2.38. The van der Waals surface area contributed by atoms with E-state index < -0.39 is 0 Å². The lowest BCUT2D eigenvalue weighted by atomic mass is 9.89. The van der Waals surface area contributed by atoms with Gasteiger partial charge in [-0.3, -0.25) is 5.43 Å². The fourth-order valence-electron chi connectivity index (χ4n) is 1.66. The summed E-state index contributed by atoms with van der Waals surface area (Å²) in [6, 6.07) is 0. The molecule has 2 N–H and O–H groups in total. The molecule has 0 aromatic carbocycles. The van der Waals surface area contributed by atoms with Crippen LogP contribution in [0.1, 0.15) is 39.5 Å². The summed E-state index contributed by atoms with van der Waals surface area (Å²) in [5.74, 6) is 0.612. The van der Waals surface area contributed by atoms with Gasteiger partial charge in [0.1, 0.15) is 0 Å². The van der Waals surface area contributed by atoms with Crippen LogP contribution < -0.4 is 10.7 Å². The Kier molecular flexibility index (Phi) is 4.87. The molecule has 0 unspecified atom stereocenters. The molecule has 1 rings (SSSR count). The summed E-state index contributed by atoms with van der Waals surface area (Å²) in [6.07, 6.45) is 4.97. The average Bonchev–Trinajstić information content (AvgIpc) is 2.17. The van der Waals surface area contributed by atoms with Crippen LogP contribution in [0.15, 0.2) is 5.10 Å². The molecule has 0 spiro atoms. The summed E-state index contributed by atoms with van der Waals surface area (Å²) in [5, 5.41) is 7.98. The van der Waals surface area contributed by atoms with Gasteiger partial charge in [0.25, 0.3) is 0 Å². The smallest absolute Gasteiger partial charge is 0.186 e. The monoisotopic (exact) mass is 213 g/mol. The summed E-state index contributed by atoms with van der Waals surface area (Å²) >= 11 is 5.03. The van der Waals surface area contributed by atoms with E-state index in [1.807, 2.05) is 6.92 Å². The van der Waals surface area contributed by atoms with Crippen LogP contribution in [0, 0.1) is 5.92 Å². The summed E-state index contributed by atoms with van der Waals surface area (Å²) in [4.78, 5) is 0. The van der Waals surface area contributed by atoms with Crippen molar-refractivity contribution in [2.24, 2.45) is 11.0 Å². The summed E-state index contributed by atoms with van der Waals surface area (Å²) in [5.41, 5.74) is 4.15. The molecular formula is C10H19N3S. The number of thiocarbonyl (C=S) groups is 1. The summed E-state index contributed by atoms with van der Waals surface area (Å²) in [7, 11) is 0. The molecule has 0 saturated heterocycles. The van der Waals surface area contributed by atoms with Crippen molar-refractivity contribution in [3.8, 4) is 0 Å². The van der Waals surface area contributed by atoms with Gasteiger partial charge in [0.2, 0.25) is 0 Å². The van der Waals surface area contributed by atoms with E-state index in [0.717, 1.165) is 13.0 Å². The van der Waals surface area contributed by atoms with Gasteiger partial charge in [0.05, 0.1) is 0 Å². The summed E-state index contributed by atoms with van der Waals surface area (Å²) in [6.45, 7) is 5.09. The molecule has 80 valence electrons. The fraction of sp³-hybridized carbons (Fsp3) is 0.800. The highest BCUT2D eigenvalue weighted by atomic mass is 32.1. The molecular weight excluding hydrogens is 194 g/mol. The van der Waals surface area contributed by atoms with E-state index in [9.17, 15) is 0 Å². The Labute approximate surface area is 91.3 Å². The van der Waals surface area contributed by atoms with Gasteiger partial charge in [-0.2, -0.15) is 5.10 Å². The third-order valence-electron chi connectivity index (χ3n) is 2.53. The van der Waals surface area contributed by atoms with Crippen molar-refractivity contribution in [1.29, 1.82) is 0 Å². The van der Waals surface area contributed by atoms with Gasteiger partial charge in [-0.25, -0.2) is 0 Å².